The SMILES string of the molecule is CCNC(=NCc1ccc(N2CC=CC2)cc1)NCC(C)(C)NC(=O)OC(C)(C)C. The summed E-state index contributed by atoms with van der Waals surface area (Å²) in [5.41, 5.74) is 1.36. The van der Waals surface area contributed by atoms with E-state index in [0.29, 0.717) is 19.0 Å². The number of aliphatic imine (C=N–C) groups is 1. The van der Waals surface area contributed by atoms with Crippen LogP contribution in [0.15, 0.2) is 41.4 Å². The van der Waals surface area contributed by atoms with Gasteiger partial charge in [-0.25, -0.2) is 9.79 Å². The van der Waals surface area contributed by atoms with Gasteiger partial charge in [0.05, 0.1) is 12.1 Å². The summed E-state index contributed by atoms with van der Waals surface area (Å²) in [6.45, 7) is 15.3. The average molecular weight is 416 g/mol. The number of nitrogens with one attached hydrogen (secondary N) is 3. The average Bonchev–Trinajstić information content (AvgIpc) is 3.17. The van der Waals surface area contributed by atoms with Gasteiger partial charge in [0.25, 0.3) is 0 Å². The smallest absolute Gasteiger partial charge is 0.408 e. The number of alkyl carbamates (subject to hydrolysis) is 1. The van der Waals surface area contributed by atoms with E-state index in [-0.39, 0.29) is 0 Å². The molecule has 1 amide bonds. The Hall–Kier alpha value is -2.70. The molecule has 0 saturated heterocycles. The number of hydrogen-bond donors (Lipinski definition) is 3. The molecule has 0 aliphatic carbocycles. The molecule has 1 heterocycles. The molecule has 0 unspecified atom stereocenters. The first-order valence-corrected chi connectivity index (χ1v) is 10.6. The molecule has 2 rings (SSSR count). The van der Waals surface area contributed by atoms with Gasteiger partial charge in [-0.05, 0) is 59.2 Å². The Labute approximate surface area is 181 Å². The van der Waals surface area contributed by atoms with Crippen molar-refractivity contribution in [2.24, 2.45) is 4.99 Å². The summed E-state index contributed by atoms with van der Waals surface area (Å²) >= 11 is 0. The summed E-state index contributed by atoms with van der Waals surface area (Å²) < 4.78 is 5.35. The van der Waals surface area contributed by atoms with Crippen molar-refractivity contribution in [3.8, 4) is 0 Å². The predicted molar refractivity (Wildman–Crippen MR) is 124 cm³/mol. The highest BCUT2D eigenvalue weighted by molar-refractivity contribution is 5.80. The molecule has 0 bridgehead atoms. The van der Waals surface area contributed by atoms with E-state index in [1.807, 2.05) is 41.5 Å². The second-order valence-corrected chi connectivity index (χ2v) is 9.10. The van der Waals surface area contributed by atoms with Crippen molar-refractivity contribution in [2.75, 3.05) is 31.1 Å². The molecule has 7 heteroatoms. The minimum atomic E-state index is -0.523. The molecule has 0 fully saturated rings. The van der Waals surface area contributed by atoms with E-state index >= 15 is 0 Å². The third-order valence-electron chi connectivity index (χ3n) is 4.42. The lowest BCUT2D eigenvalue weighted by molar-refractivity contribution is 0.0474. The lowest BCUT2D eigenvalue weighted by Gasteiger charge is -2.29. The Morgan fingerprint density at radius 1 is 1.07 bits per heavy atom. The Kier molecular flexibility index (Phi) is 8.15. The highest BCUT2D eigenvalue weighted by atomic mass is 16.6. The van der Waals surface area contributed by atoms with E-state index in [9.17, 15) is 4.79 Å². The first-order chi connectivity index (χ1) is 14.1. The van der Waals surface area contributed by atoms with Crippen LogP contribution in [0.3, 0.4) is 0 Å². The number of ether oxygens (including phenoxy) is 1. The topological polar surface area (TPSA) is 78.0 Å². The van der Waals surface area contributed by atoms with Crippen LogP contribution < -0.4 is 20.9 Å². The van der Waals surface area contributed by atoms with Gasteiger partial charge >= 0.3 is 6.09 Å². The van der Waals surface area contributed by atoms with Crippen molar-refractivity contribution < 1.29 is 9.53 Å². The molecule has 0 saturated carbocycles. The van der Waals surface area contributed by atoms with Gasteiger partial charge in [0.15, 0.2) is 5.96 Å². The fraction of sp³-hybridized carbons (Fsp3) is 0.565. The number of benzene rings is 1. The van der Waals surface area contributed by atoms with Crippen molar-refractivity contribution in [3.63, 3.8) is 0 Å². The van der Waals surface area contributed by atoms with Crippen LogP contribution in [0.1, 0.15) is 47.1 Å². The van der Waals surface area contributed by atoms with Crippen LogP contribution in [0.5, 0.6) is 0 Å². The number of nitrogens with zero attached hydrogens (tertiary/aromatic N) is 2. The van der Waals surface area contributed by atoms with Crippen molar-refractivity contribution in [2.45, 2.75) is 59.2 Å². The molecule has 0 atom stereocenters. The summed E-state index contributed by atoms with van der Waals surface area (Å²) in [6, 6.07) is 8.53. The molecule has 166 valence electrons. The van der Waals surface area contributed by atoms with Crippen LogP contribution in [0.4, 0.5) is 10.5 Å². The van der Waals surface area contributed by atoms with E-state index in [1.165, 1.54) is 5.69 Å². The molecule has 1 aromatic rings. The Morgan fingerprint density at radius 2 is 1.70 bits per heavy atom. The van der Waals surface area contributed by atoms with E-state index in [4.69, 9.17) is 4.74 Å². The van der Waals surface area contributed by atoms with Gasteiger partial charge in [-0.2, -0.15) is 0 Å². The Bertz CT molecular complexity index is 740. The molecule has 0 radical (unpaired) electrons. The molecule has 30 heavy (non-hydrogen) atoms. The molecule has 1 aromatic carbocycles. The molecular formula is C23H37N5O2. The number of hydrogen-bond acceptors (Lipinski definition) is 4. The van der Waals surface area contributed by atoms with Gasteiger partial charge in [0.1, 0.15) is 5.60 Å². The quantitative estimate of drug-likeness (QED) is 0.361. The molecule has 0 aromatic heterocycles. The number of carbonyl (C=O) groups excluding carboxylic acids is 1. The lowest BCUT2D eigenvalue weighted by atomic mass is 10.1. The number of guanidine groups is 1. The maximum absolute atomic E-state index is 12.1. The van der Waals surface area contributed by atoms with Crippen molar-refractivity contribution in [1.29, 1.82) is 0 Å². The van der Waals surface area contributed by atoms with Crippen LogP contribution in [-0.2, 0) is 11.3 Å². The largest absolute Gasteiger partial charge is 0.444 e. The van der Waals surface area contributed by atoms with Gasteiger partial charge in [-0.1, -0.05) is 24.3 Å². The van der Waals surface area contributed by atoms with Crippen LogP contribution in [0, 0.1) is 0 Å². The zero-order chi connectivity index (χ0) is 22.2. The van der Waals surface area contributed by atoms with Crippen molar-refractivity contribution in [3.05, 3.63) is 42.0 Å². The van der Waals surface area contributed by atoms with E-state index < -0.39 is 17.2 Å². The second-order valence-electron chi connectivity index (χ2n) is 9.10. The van der Waals surface area contributed by atoms with Gasteiger partial charge in [-0.3, -0.25) is 0 Å². The predicted octanol–water partition coefficient (Wildman–Crippen LogP) is 3.42. The van der Waals surface area contributed by atoms with Gasteiger partial charge in [0.2, 0.25) is 0 Å². The summed E-state index contributed by atoms with van der Waals surface area (Å²) in [5.74, 6) is 0.712. The maximum atomic E-state index is 12.1. The van der Waals surface area contributed by atoms with Gasteiger partial charge in [0, 0.05) is 31.9 Å². The fourth-order valence-electron chi connectivity index (χ4n) is 2.94. The minimum Gasteiger partial charge on any atom is -0.444 e. The summed E-state index contributed by atoms with van der Waals surface area (Å²) in [5, 5.41) is 9.46. The number of carbonyl (C=O) groups is 1. The van der Waals surface area contributed by atoms with Crippen LogP contribution in [0.2, 0.25) is 0 Å². The summed E-state index contributed by atoms with van der Waals surface area (Å²) in [7, 11) is 0. The lowest BCUT2D eigenvalue weighted by Crippen LogP contribution is -2.54. The zero-order valence-corrected chi connectivity index (χ0v) is 19.2. The summed E-state index contributed by atoms with van der Waals surface area (Å²) in [6.07, 6.45) is 3.95. The highest BCUT2D eigenvalue weighted by Gasteiger charge is 2.24. The second kappa shape index (κ2) is 10.4. The normalized spacial score (nSPS) is 14.6. The molecule has 0 spiro atoms. The van der Waals surface area contributed by atoms with Gasteiger partial charge in [-0.15, -0.1) is 0 Å². The third kappa shape index (κ3) is 8.35. The third-order valence-corrected chi connectivity index (χ3v) is 4.42. The first kappa shape index (κ1) is 23.6. The van der Waals surface area contributed by atoms with Gasteiger partial charge < -0.3 is 25.6 Å². The highest BCUT2D eigenvalue weighted by Crippen LogP contribution is 2.18. The fourth-order valence-corrected chi connectivity index (χ4v) is 2.94. The molecular weight excluding hydrogens is 378 g/mol. The standard InChI is InChI=1S/C23H37N5O2/c1-7-24-20(26-17-23(5,6)27-21(29)30-22(2,3)4)25-16-18-10-12-19(13-11-18)28-14-8-9-15-28/h8-13H,7,14-17H2,1-6H3,(H,27,29)(H2,24,25,26). The number of rotatable bonds is 7. The van der Waals surface area contributed by atoms with Crippen LogP contribution >= 0.6 is 0 Å². The van der Waals surface area contributed by atoms with E-state index in [0.717, 1.165) is 25.2 Å². The number of amides is 1. The first-order valence-electron chi connectivity index (χ1n) is 10.6. The monoisotopic (exact) mass is 415 g/mol. The Morgan fingerprint density at radius 3 is 2.27 bits per heavy atom. The van der Waals surface area contributed by atoms with Crippen molar-refractivity contribution in [1.82, 2.24) is 16.0 Å². The molecule has 7 nitrogen and oxygen atoms in total. The van der Waals surface area contributed by atoms with E-state index in [1.54, 1.807) is 0 Å². The van der Waals surface area contributed by atoms with Crippen LogP contribution in [0.25, 0.3) is 0 Å². The van der Waals surface area contributed by atoms with Crippen molar-refractivity contribution >= 4 is 17.7 Å². The number of anilines is 1. The summed E-state index contributed by atoms with van der Waals surface area (Å²) in [4.78, 5) is 19.1. The van der Waals surface area contributed by atoms with E-state index in [2.05, 4.69) is 62.3 Å². The minimum absolute atomic E-state index is 0.426. The zero-order valence-electron chi connectivity index (χ0n) is 19.2. The molecule has 1 aliphatic rings. The Balaban J connectivity index is 1.89. The van der Waals surface area contributed by atoms with Crippen LogP contribution in [-0.4, -0.2) is 49.4 Å². The molecule has 1 aliphatic heterocycles. The maximum Gasteiger partial charge on any atom is 0.408 e. The molecule has 3 N–H and O–H groups in total.